The lowest BCUT2D eigenvalue weighted by atomic mass is 9.86. The molecule has 8 heteroatoms. The number of aromatic nitrogens is 3. The first-order valence-corrected chi connectivity index (χ1v) is 11.0. The van der Waals surface area contributed by atoms with Crippen LogP contribution in [0.3, 0.4) is 0 Å². The van der Waals surface area contributed by atoms with E-state index >= 15 is 0 Å². The summed E-state index contributed by atoms with van der Waals surface area (Å²) in [6.45, 7) is 3.76. The van der Waals surface area contributed by atoms with Gasteiger partial charge in [-0.15, -0.1) is 11.3 Å². The number of benzene rings is 1. The van der Waals surface area contributed by atoms with Crippen LogP contribution in [0.25, 0.3) is 0 Å². The van der Waals surface area contributed by atoms with Crippen LogP contribution in [0.2, 0.25) is 0 Å². The molecule has 3 aromatic rings. The predicted molar refractivity (Wildman–Crippen MR) is 115 cm³/mol. The second kappa shape index (κ2) is 7.52. The lowest BCUT2D eigenvalue weighted by molar-refractivity contribution is 0.247. The van der Waals surface area contributed by atoms with Gasteiger partial charge in [-0.3, -0.25) is 19.1 Å². The molecule has 1 saturated heterocycles. The highest BCUT2D eigenvalue weighted by atomic mass is 32.1. The van der Waals surface area contributed by atoms with Crippen LogP contribution in [0.4, 0.5) is 0 Å². The second-order valence-corrected chi connectivity index (χ2v) is 9.37. The van der Waals surface area contributed by atoms with Crippen molar-refractivity contribution in [3.63, 3.8) is 0 Å². The van der Waals surface area contributed by atoms with Gasteiger partial charge in [0.2, 0.25) is 0 Å². The van der Waals surface area contributed by atoms with Crippen LogP contribution in [-0.2, 0) is 26.1 Å². The van der Waals surface area contributed by atoms with Gasteiger partial charge in [0.25, 0.3) is 0 Å². The maximum atomic E-state index is 12.8. The van der Waals surface area contributed by atoms with Crippen molar-refractivity contribution in [3.8, 4) is 5.75 Å². The van der Waals surface area contributed by atoms with Crippen LogP contribution in [0.5, 0.6) is 5.75 Å². The lowest BCUT2D eigenvalue weighted by Gasteiger charge is -2.22. The number of likely N-dealkylation sites (tertiary alicyclic amines) is 1. The van der Waals surface area contributed by atoms with Gasteiger partial charge in [0.15, 0.2) is 0 Å². The van der Waals surface area contributed by atoms with Crippen molar-refractivity contribution in [1.82, 2.24) is 19.2 Å². The minimum Gasteiger partial charge on any atom is -0.497 e. The number of ether oxygens (including phenoxy) is 1. The van der Waals surface area contributed by atoms with Crippen molar-refractivity contribution in [1.29, 1.82) is 0 Å². The molecule has 0 bridgehead atoms. The molecule has 1 aromatic carbocycles. The maximum Gasteiger partial charge on any atom is 0.332 e. The van der Waals surface area contributed by atoms with Crippen LogP contribution in [0.1, 0.15) is 22.7 Å². The number of rotatable bonds is 5. The molecule has 1 fully saturated rings. The molecule has 5 rings (SSSR count). The number of thiophene rings is 1. The third-order valence-electron chi connectivity index (χ3n) is 6.21. The average molecular weight is 425 g/mol. The van der Waals surface area contributed by atoms with E-state index < -0.39 is 11.1 Å². The maximum absolute atomic E-state index is 12.8. The van der Waals surface area contributed by atoms with E-state index in [0.29, 0.717) is 6.54 Å². The molecule has 0 N–H and O–H groups in total. The SMILES string of the molecule is COc1ccc(Cn2nc3n(c(=O)c2=O)CC2(CCN(Cc4cccs4)C2)C3)cc1. The Morgan fingerprint density at radius 3 is 2.67 bits per heavy atom. The van der Waals surface area contributed by atoms with Gasteiger partial charge in [-0.25, -0.2) is 4.68 Å². The first-order valence-electron chi connectivity index (χ1n) is 10.1. The van der Waals surface area contributed by atoms with Gasteiger partial charge in [0, 0.05) is 36.3 Å². The van der Waals surface area contributed by atoms with Gasteiger partial charge in [-0.2, -0.15) is 5.10 Å². The monoisotopic (exact) mass is 424 g/mol. The van der Waals surface area contributed by atoms with Crippen LogP contribution >= 0.6 is 11.3 Å². The van der Waals surface area contributed by atoms with E-state index in [9.17, 15) is 9.59 Å². The Hall–Kier alpha value is -2.71. The summed E-state index contributed by atoms with van der Waals surface area (Å²) in [4.78, 5) is 29.3. The zero-order chi connectivity index (χ0) is 20.7. The lowest BCUT2D eigenvalue weighted by Crippen LogP contribution is -2.43. The van der Waals surface area contributed by atoms with Crippen molar-refractivity contribution in [2.24, 2.45) is 5.41 Å². The van der Waals surface area contributed by atoms with E-state index in [4.69, 9.17) is 4.74 Å². The first kappa shape index (κ1) is 19.3. The largest absolute Gasteiger partial charge is 0.497 e. The fraction of sp³-hybridized carbons (Fsp3) is 0.409. The quantitative estimate of drug-likeness (QED) is 0.586. The summed E-state index contributed by atoms with van der Waals surface area (Å²) in [5.74, 6) is 1.48. The first-order chi connectivity index (χ1) is 14.5. The summed E-state index contributed by atoms with van der Waals surface area (Å²) < 4.78 is 8.10. The molecule has 0 saturated carbocycles. The van der Waals surface area contributed by atoms with Gasteiger partial charge in [0.05, 0.1) is 13.7 Å². The minimum absolute atomic E-state index is 0.00214. The fourth-order valence-electron chi connectivity index (χ4n) is 4.67. The number of methoxy groups -OCH3 is 1. The molecular weight excluding hydrogens is 400 g/mol. The summed E-state index contributed by atoms with van der Waals surface area (Å²) in [7, 11) is 1.61. The smallest absolute Gasteiger partial charge is 0.332 e. The Morgan fingerprint density at radius 2 is 1.93 bits per heavy atom. The van der Waals surface area contributed by atoms with E-state index in [-0.39, 0.29) is 12.0 Å². The summed E-state index contributed by atoms with van der Waals surface area (Å²) in [6.07, 6.45) is 1.76. The Bertz CT molecular complexity index is 1170. The van der Waals surface area contributed by atoms with Gasteiger partial charge >= 0.3 is 11.1 Å². The summed E-state index contributed by atoms with van der Waals surface area (Å²) in [6, 6.07) is 11.7. The Morgan fingerprint density at radius 1 is 1.10 bits per heavy atom. The highest BCUT2D eigenvalue weighted by Crippen LogP contribution is 2.39. The number of hydrogen-bond acceptors (Lipinski definition) is 6. The molecule has 0 aliphatic carbocycles. The summed E-state index contributed by atoms with van der Waals surface area (Å²) >= 11 is 1.78. The normalized spacial score (nSPS) is 20.7. The molecule has 2 aromatic heterocycles. The standard InChI is InChI=1S/C22H24N4O3S/c1-29-17-6-4-16(5-7-17)12-26-21(28)20(27)25-15-22(11-19(25)23-26)8-9-24(14-22)13-18-3-2-10-30-18/h2-7,10H,8-9,11-15H2,1H3. The predicted octanol–water partition coefficient (Wildman–Crippen LogP) is 1.97. The average Bonchev–Trinajstić information content (AvgIpc) is 3.48. The van der Waals surface area contributed by atoms with E-state index in [0.717, 1.165) is 49.6 Å². The molecule has 30 heavy (non-hydrogen) atoms. The second-order valence-electron chi connectivity index (χ2n) is 8.34. The molecule has 1 spiro atoms. The molecule has 4 heterocycles. The molecule has 1 unspecified atom stereocenters. The zero-order valence-corrected chi connectivity index (χ0v) is 17.7. The topological polar surface area (TPSA) is 69.4 Å². The van der Waals surface area contributed by atoms with Gasteiger partial charge < -0.3 is 4.74 Å². The fourth-order valence-corrected chi connectivity index (χ4v) is 5.42. The third kappa shape index (κ3) is 3.50. The zero-order valence-electron chi connectivity index (χ0n) is 16.9. The highest BCUT2D eigenvalue weighted by Gasteiger charge is 2.44. The molecule has 156 valence electrons. The third-order valence-corrected chi connectivity index (χ3v) is 7.07. The molecule has 2 aliphatic heterocycles. The van der Waals surface area contributed by atoms with E-state index in [1.54, 1.807) is 23.0 Å². The van der Waals surface area contributed by atoms with Gasteiger partial charge in [-0.1, -0.05) is 18.2 Å². The Labute approximate surface area is 178 Å². The Kier molecular flexibility index (Phi) is 4.83. The van der Waals surface area contributed by atoms with Crippen molar-refractivity contribution in [3.05, 3.63) is 78.8 Å². The van der Waals surface area contributed by atoms with Gasteiger partial charge in [-0.05, 0) is 42.1 Å². The minimum atomic E-state index is -0.556. The molecule has 7 nitrogen and oxygen atoms in total. The Balaban J connectivity index is 1.36. The highest BCUT2D eigenvalue weighted by molar-refractivity contribution is 7.09. The van der Waals surface area contributed by atoms with Crippen molar-refractivity contribution >= 4 is 11.3 Å². The number of nitrogens with zero attached hydrogens (tertiary/aromatic N) is 4. The summed E-state index contributed by atoms with van der Waals surface area (Å²) in [5.41, 5.74) is -0.102. The van der Waals surface area contributed by atoms with Crippen LogP contribution in [-0.4, -0.2) is 39.4 Å². The molecule has 0 radical (unpaired) electrons. The van der Waals surface area contributed by atoms with Crippen LogP contribution < -0.4 is 15.9 Å². The van der Waals surface area contributed by atoms with Crippen LogP contribution in [0, 0.1) is 5.41 Å². The van der Waals surface area contributed by atoms with E-state index in [1.165, 1.54) is 9.56 Å². The van der Waals surface area contributed by atoms with Gasteiger partial charge in [0.1, 0.15) is 11.6 Å². The number of fused-ring (bicyclic) bond motifs is 1. The summed E-state index contributed by atoms with van der Waals surface area (Å²) in [5, 5.41) is 6.70. The van der Waals surface area contributed by atoms with Crippen LogP contribution in [0.15, 0.2) is 51.4 Å². The van der Waals surface area contributed by atoms with E-state index in [1.807, 2.05) is 24.3 Å². The molecular formula is C22H24N4O3S. The number of hydrogen-bond donors (Lipinski definition) is 0. The van der Waals surface area contributed by atoms with Crippen molar-refractivity contribution < 1.29 is 4.74 Å². The van der Waals surface area contributed by atoms with Crippen molar-refractivity contribution in [2.45, 2.75) is 32.5 Å². The molecule has 0 amide bonds. The van der Waals surface area contributed by atoms with E-state index in [2.05, 4.69) is 27.5 Å². The van der Waals surface area contributed by atoms with Crippen molar-refractivity contribution in [2.75, 3.05) is 20.2 Å². The molecule has 2 aliphatic rings. The molecule has 1 atom stereocenters.